The third-order valence-electron chi connectivity index (χ3n) is 3.18. The molecule has 2 rings (SSSR count). The first-order chi connectivity index (χ1) is 9.20. The molecule has 0 aliphatic heterocycles. The van der Waals surface area contributed by atoms with Crippen LogP contribution in [0, 0.1) is 6.92 Å². The Balaban J connectivity index is 2.46. The minimum Gasteiger partial charge on any atom is -0.0877 e. The fourth-order valence-electron chi connectivity index (χ4n) is 2.14. The van der Waals surface area contributed by atoms with Gasteiger partial charge in [0.25, 0.3) is 0 Å². The zero-order chi connectivity index (χ0) is 13.7. The maximum absolute atomic E-state index is 2.26. The molecule has 0 unspecified atom stereocenters. The minimum absolute atomic E-state index is 1.27. The van der Waals surface area contributed by atoms with Crippen LogP contribution in [0.2, 0.25) is 0 Å². The molecule has 0 N–H and O–H groups in total. The molecule has 0 spiro atoms. The molecule has 0 radical (unpaired) electrons. The molecule has 0 bridgehead atoms. The van der Waals surface area contributed by atoms with Gasteiger partial charge in [-0.2, -0.15) is 0 Å². The molecular formula is C19H20. The predicted molar refractivity (Wildman–Crippen MR) is 85.1 cm³/mol. The zero-order valence-electron chi connectivity index (χ0n) is 11.9. The summed E-state index contributed by atoms with van der Waals surface area (Å²) in [5.41, 5.74) is 6.43. The van der Waals surface area contributed by atoms with Gasteiger partial charge < -0.3 is 0 Å². The van der Waals surface area contributed by atoms with Gasteiger partial charge >= 0.3 is 0 Å². The monoisotopic (exact) mass is 248 g/mol. The number of hydrogen-bond donors (Lipinski definition) is 0. The second kappa shape index (κ2) is 6.19. The van der Waals surface area contributed by atoms with Crippen molar-refractivity contribution in [3.8, 4) is 11.1 Å². The Bertz CT molecular complexity index is 601. The lowest BCUT2D eigenvalue weighted by Gasteiger charge is -2.08. The van der Waals surface area contributed by atoms with Crippen LogP contribution in [-0.2, 0) is 0 Å². The molecule has 0 saturated heterocycles. The Morgan fingerprint density at radius 1 is 0.947 bits per heavy atom. The van der Waals surface area contributed by atoms with E-state index in [1.807, 2.05) is 6.92 Å². The van der Waals surface area contributed by atoms with Crippen LogP contribution < -0.4 is 0 Å². The molecule has 0 fully saturated rings. The lowest BCUT2D eigenvalue weighted by atomic mass is 9.97. The Labute approximate surface area is 116 Å². The molecule has 0 saturated carbocycles. The second-order valence-corrected chi connectivity index (χ2v) is 4.83. The standard InChI is InChI=1S/C19H20/c1-4-5-9-16(3)18-12-15(2)13-19(14-18)17-10-7-6-8-11-17/h4-14H,1-3H3. The van der Waals surface area contributed by atoms with E-state index in [4.69, 9.17) is 0 Å². The van der Waals surface area contributed by atoms with E-state index in [0.29, 0.717) is 0 Å². The van der Waals surface area contributed by atoms with Crippen LogP contribution in [0.5, 0.6) is 0 Å². The third kappa shape index (κ3) is 3.45. The summed E-state index contributed by atoms with van der Waals surface area (Å²) in [6, 6.07) is 17.3. The quantitative estimate of drug-likeness (QED) is 0.616. The maximum atomic E-state index is 2.26. The molecule has 2 aromatic rings. The van der Waals surface area contributed by atoms with Gasteiger partial charge in [-0.3, -0.25) is 0 Å². The van der Waals surface area contributed by atoms with Gasteiger partial charge in [0.15, 0.2) is 0 Å². The predicted octanol–water partition coefficient (Wildman–Crippen LogP) is 5.64. The van der Waals surface area contributed by atoms with E-state index >= 15 is 0 Å². The summed E-state index contributed by atoms with van der Waals surface area (Å²) < 4.78 is 0. The van der Waals surface area contributed by atoms with E-state index in [2.05, 4.69) is 80.6 Å². The Morgan fingerprint density at radius 2 is 1.68 bits per heavy atom. The third-order valence-corrected chi connectivity index (χ3v) is 3.18. The van der Waals surface area contributed by atoms with Gasteiger partial charge in [0, 0.05) is 0 Å². The van der Waals surface area contributed by atoms with Gasteiger partial charge in [-0.15, -0.1) is 0 Å². The Kier molecular flexibility index (Phi) is 4.35. The van der Waals surface area contributed by atoms with E-state index in [0.717, 1.165) is 0 Å². The summed E-state index contributed by atoms with van der Waals surface area (Å²) in [5, 5.41) is 0. The van der Waals surface area contributed by atoms with Crippen molar-refractivity contribution >= 4 is 5.57 Å². The maximum Gasteiger partial charge on any atom is -0.0175 e. The number of benzene rings is 2. The van der Waals surface area contributed by atoms with E-state index < -0.39 is 0 Å². The van der Waals surface area contributed by atoms with E-state index in [-0.39, 0.29) is 0 Å². The first kappa shape index (κ1) is 13.4. The summed E-state index contributed by atoms with van der Waals surface area (Å²) in [4.78, 5) is 0. The van der Waals surface area contributed by atoms with Crippen molar-refractivity contribution in [3.63, 3.8) is 0 Å². The fourth-order valence-corrected chi connectivity index (χ4v) is 2.14. The SMILES string of the molecule is CC=CC=C(C)c1cc(C)cc(-c2ccccc2)c1. The van der Waals surface area contributed by atoms with Crippen molar-refractivity contribution < 1.29 is 0 Å². The first-order valence-electron chi connectivity index (χ1n) is 6.68. The van der Waals surface area contributed by atoms with Gasteiger partial charge in [0.1, 0.15) is 0 Å². The van der Waals surface area contributed by atoms with E-state index in [1.165, 1.54) is 27.8 Å². The van der Waals surface area contributed by atoms with Crippen LogP contribution in [-0.4, -0.2) is 0 Å². The molecule has 0 amide bonds. The van der Waals surface area contributed by atoms with Crippen LogP contribution in [0.3, 0.4) is 0 Å². The molecule has 0 aliphatic carbocycles. The lowest BCUT2D eigenvalue weighted by Crippen LogP contribution is -1.85. The zero-order valence-corrected chi connectivity index (χ0v) is 11.9. The van der Waals surface area contributed by atoms with Crippen molar-refractivity contribution in [1.29, 1.82) is 0 Å². The molecule has 0 nitrogen and oxygen atoms in total. The highest BCUT2D eigenvalue weighted by Crippen LogP contribution is 2.25. The largest absolute Gasteiger partial charge is 0.0877 e. The molecule has 0 heterocycles. The van der Waals surface area contributed by atoms with Gasteiger partial charge in [-0.25, -0.2) is 0 Å². The van der Waals surface area contributed by atoms with Gasteiger partial charge in [0.05, 0.1) is 0 Å². The molecule has 0 atom stereocenters. The second-order valence-electron chi connectivity index (χ2n) is 4.83. The van der Waals surface area contributed by atoms with Crippen molar-refractivity contribution in [2.75, 3.05) is 0 Å². The van der Waals surface area contributed by atoms with Crippen LogP contribution in [0.25, 0.3) is 16.7 Å². The number of aryl methyl sites for hydroxylation is 1. The van der Waals surface area contributed by atoms with Crippen LogP contribution in [0.1, 0.15) is 25.0 Å². The summed E-state index contributed by atoms with van der Waals surface area (Å²) >= 11 is 0. The Hall–Kier alpha value is -2.08. The number of allylic oxidation sites excluding steroid dienone is 4. The van der Waals surface area contributed by atoms with Crippen molar-refractivity contribution in [2.24, 2.45) is 0 Å². The molecule has 2 aromatic carbocycles. The summed E-state index contributed by atoms with van der Waals surface area (Å²) in [6.07, 6.45) is 6.29. The summed E-state index contributed by atoms with van der Waals surface area (Å²) in [6.45, 7) is 6.35. The average Bonchev–Trinajstić information content (AvgIpc) is 2.45. The fraction of sp³-hybridized carbons (Fsp3) is 0.158. The molecular weight excluding hydrogens is 228 g/mol. The van der Waals surface area contributed by atoms with Crippen LogP contribution in [0.15, 0.2) is 66.8 Å². The molecule has 0 aromatic heterocycles. The van der Waals surface area contributed by atoms with Crippen LogP contribution >= 0.6 is 0 Å². The minimum atomic E-state index is 1.27. The highest BCUT2D eigenvalue weighted by molar-refractivity contribution is 5.73. The average molecular weight is 248 g/mol. The van der Waals surface area contributed by atoms with E-state index in [9.17, 15) is 0 Å². The Morgan fingerprint density at radius 3 is 2.37 bits per heavy atom. The van der Waals surface area contributed by atoms with Gasteiger partial charge in [-0.1, -0.05) is 60.7 Å². The summed E-state index contributed by atoms with van der Waals surface area (Å²) in [5.74, 6) is 0. The number of hydrogen-bond acceptors (Lipinski definition) is 0. The van der Waals surface area contributed by atoms with Crippen molar-refractivity contribution in [3.05, 3.63) is 77.9 Å². The highest BCUT2D eigenvalue weighted by atomic mass is 14.1. The lowest BCUT2D eigenvalue weighted by molar-refractivity contribution is 1.43. The van der Waals surface area contributed by atoms with Crippen molar-refractivity contribution in [2.45, 2.75) is 20.8 Å². The molecule has 0 heteroatoms. The van der Waals surface area contributed by atoms with Crippen molar-refractivity contribution in [1.82, 2.24) is 0 Å². The smallest absolute Gasteiger partial charge is 0.0175 e. The topological polar surface area (TPSA) is 0 Å². The van der Waals surface area contributed by atoms with Gasteiger partial charge in [0.2, 0.25) is 0 Å². The van der Waals surface area contributed by atoms with E-state index in [1.54, 1.807) is 0 Å². The summed E-state index contributed by atoms with van der Waals surface area (Å²) in [7, 11) is 0. The normalized spacial score (nSPS) is 12.1. The molecule has 0 aliphatic rings. The van der Waals surface area contributed by atoms with Gasteiger partial charge in [-0.05, 0) is 54.7 Å². The number of rotatable bonds is 3. The highest BCUT2D eigenvalue weighted by Gasteiger charge is 2.02. The first-order valence-corrected chi connectivity index (χ1v) is 6.68. The molecule has 96 valence electrons. The molecule has 19 heavy (non-hydrogen) atoms. The van der Waals surface area contributed by atoms with Crippen LogP contribution in [0.4, 0.5) is 0 Å².